The molecule has 27 heavy (non-hydrogen) atoms. The Morgan fingerprint density at radius 3 is 2.74 bits per heavy atom. The number of carbonyl (C=O) groups is 1. The van der Waals surface area contributed by atoms with Crippen LogP contribution in [0.4, 0.5) is 4.79 Å². The highest BCUT2D eigenvalue weighted by Crippen LogP contribution is 2.44. The Morgan fingerprint density at radius 1 is 1.11 bits per heavy atom. The van der Waals surface area contributed by atoms with E-state index in [1.165, 1.54) is 5.69 Å². The van der Waals surface area contributed by atoms with Crippen LogP contribution in [0.15, 0.2) is 59.5 Å². The van der Waals surface area contributed by atoms with Gasteiger partial charge in [0.25, 0.3) is 0 Å². The summed E-state index contributed by atoms with van der Waals surface area (Å²) in [6.45, 7) is 0.417. The molecule has 1 aromatic heterocycles. The molecule has 1 N–H and O–H groups in total. The number of rotatable bonds is 4. The summed E-state index contributed by atoms with van der Waals surface area (Å²) in [6.07, 6.45) is 1.26. The molecule has 0 spiro atoms. The zero-order valence-corrected chi connectivity index (χ0v) is 15.6. The Bertz CT molecular complexity index is 1030. The molecule has 138 valence electrons. The van der Waals surface area contributed by atoms with Crippen molar-refractivity contribution in [2.24, 2.45) is 0 Å². The summed E-state index contributed by atoms with van der Waals surface area (Å²) in [7, 11) is -1.14. The van der Waals surface area contributed by atoms with Gasteiger partial charge in [-0.15, -0.1) is 0 Å². The van der Waals surface area contributed by atoms with Crippen molar-refractivity contribution < 1.29 is 13.7 Å². The maximum Gasteiger partial charge on any atom is 0.410 e. The van der Waals surface area contributed by atoms with Gasteiger partial charge >= 0.3 is 6.09 Å². The zero-order valence-electron chi connectivity index (χ0n) is 14.8. The minimum atomic E-state index is -1.14. The minimum absolute atomic E-state index is 0.106. The van der Waals surface area contributed by atoms with E-state index in [0.717, 1.165) is 34.2 Å². The first-order valence-corrected chi connectivity index (χ1v) is 10.5. The molecule has 1 aliphatic heterocycles. The number of nitrogens with zero attached hydrogens (tertiary/aromatic N) is 1. The molecule has 3 atom stereocenters. The number of fused-ring (bicyclic) bond motifs is 5. The Balaban J connectivity index is 1.45. The number of aromatic amines is 1. The Hall–Kier alpha value is -2.60. The summed E-state index contributed by atoms with van der Waals surface area (Å²) in [6, 6.07) is 17.5. The first kappa shape index (κ1) is 16.6. The first-order chi connectivity index (χ1) is 13.2. The fourth-order valence-corrected chi connectivity index (χ4v) is 5.34. The average Bonchev–Trinajstić information content (AvgIpc) is 3.23. The van der Waals surface area contributed by atoms with Crippen molar-refractivity contribution >= 4 is 27.8 Å². The monoisotopic (exact) mass is 380 g/mol. The molecule has 1 saturated heterocycles. The van der Waals surface area contributed by atoms with E-state index in [0.29, 0.717) is 12.3 Å². The fourth-order valence-electron chi connectivity index (χ4n) is 4.28. The van der Waals surface area contributed by atoms with Gasteiger partial charge in [-0.1, -0.05) is 36.4 Å². The average molecular weight is 380 g/mol. The van der Waals surface area contributed by atoms with Gasteiger partial charge in [0.1, 0.15) is 6.10 Å². The molecule has 1 aliphatic carbocycles. The van der Waals surface area contributed by atoms with Gasteiger partial charge in [0, 0.05) is 39.4 Å². The topological polar surface area (TPSA) is 62.4 Å². The van der Waals surface area contributed by atoms with Gasteiger partial charge in [-0.2, -0.15) is 0 Å². The van der Waals surface area contributed by atoms with Crippen LogP contribution in [-0.4, -0.2) is 38.6 Å². The van der Waals surface area contributed by atoms with E-state index >= 15 is 0 Å². The van der Waals surface area contributed by atoms with Crippen molar-refractivity contribution in [3.8, 4) is 0 Å². The highest BCUT2D eigenvalue weighted by atomic mass is 32.2. The molecule has 2 aromatic carbocycles. The standard InChI is InChI=1S/C21H20N2O3S/c24-21-23(12-13-27(25)14-6-2-1-3-7-14)20-18(26-21)11-10-17-19(20)15-8-4-5-9-16(15)22-17/h1-9,18,20,22H,10-13H2/t18-,20-,27?/m0/s1. The molecule has 1 unspecified atom stereocenters. The van der Waals surface area contributed by atoms with Crippen LogP contribution in [0.5, 0.6) is 0 Å². The molecule has 0 saturated carbocycles. The second-order valence-corrected chi connectivity index (χ2v) is 8.60. The SMILES string of the molecule is O=C1O[C@H]2CCc3[nH]c4ccccc4c3[C@H]2N1CCS(=O)c1ccccc1. The summed E-state index contributed by atoms with van der Waals surface area (Å²) in [5, 5.41) is 1.15. The van der Waals surface area contributed by atoms with Crippen LogP contribution in [0.3, 0.4) is 0 Å². The van der Waals surface area contributed by atoms with Gasteiger partial charge in [0.05, 0.1) is 16.8 Å². The lowest BCUT2D eigenvalue weighted by Gasteiger charge is -2.29. The molecule has 1 amide bonds. The summed E-state index contributed by atoms with van der Waals surface area (Å²) >= 11 is 0. The van der Waals surface area contributed by atoms with E-state index in [2.05, 4.69) is 17.1 Å². The van der Waals surface area contributed by atoms with Crippen molar-refractivity contribution in [3.05, 3.63) is 65.9 Å². The highest BCUT2D eigenvalue weighted by Gasteiger charge is 2.46. The molecule has 3 aromatic rings. The molecule has 0 radical (unpaired) electrons. The molecule has 6 heteroatoms. The number of aromatic nitrogens is 1. The third-order valence-electron chi connectivity index (χ3n) is 5.50. The summed E-state index contributed by atoms with van der Waals surface area (Å²) < 4.78 is 18.3. The number of hydrogen-bond acceptors (Lipinski definition) is 3. The van der Waals surface area contributed by atoms with Crippen molar-refractivity contribution in [3.63, 3.8) is 0 Å². The van der Waals surface area contributed by atoms with Gasteiger partial charge in [0.15, 0.2) is 0 Å². The molecule has 2 heterocycles. The molecular formula is C21H20N2O3S. The van der Waals surface area contributed by atoms with Crippen LogP contribution in [0.25, 0.3) is 10.9 Å². The van der Waals surface area contributed by atoms with Gasteiger partial charge in [-0.25, -0.2) is 4.79 Å². The number of H-pyrrole nitrogens is 1. The summed E-state index contributed by atoms with van der Waals surface area (Å²) in [5.74, 6) is 0.403. The fraction of sp³-hybridized carbons (Fsp3) is 0.286. The number of amides is 1. The lowest BCUT2D eigenvalue weighted by atomic mass is 9.88. The van der Waals surface area contributed by atoms with Gasteiger partial charge < -0.3 is 9.72 Å². The maximum atomic E-state index is 12.6. The predicted molar refractivity (Wildman–Crippen MR) is 104 cm³/mol. The predicted octanol–water partition coefficient (Wildman–Crippen LogP) is 3.78. The maximum absolute atomic E-state index is 12.6. The number of para-hydroxylation sites is 1. The highest BCUT2D eigenvalue weighted by molar-refractivity contribution is 7.85. The quantitative estimate of drug-likeness (QED) is 0.749. The number of benzene rings is 2. The normalized spacial score (nSPS) is 22.4. The number of carbonyl (C=O) groups excluding carboxylic acids is 1. The van der Waals surface area contributed by atoms with Crippen LogP contribution in [-0.2, 0) is 22.0 Å². The Labute approximate surface area is 159 Å². The number of aryl methyl sites for hydroxylation is 1. The smallest absolute Gasteiger partial charge is 0.410 e. The second-order valence-electron chi connectivity index (χ2n) is 7.02. The van der Waals surface area contributed by atoms with Gasteiger partial charge in [0.2, 0.25) is 0 Å². The van der Waals surface area contributed by atoms with Crippen LogP contribution in [0.1, 0.15) is 23.7 Å². The first-order valence-electron chi connectivity index (χ1n) is 9.22. The van der Waals surface area contributed by atoms with Crippen molar-refractivity contribution in [2.45, 2.75) is 29.9 Å². The largest absolute Gasteiger partial charge is 0.443 e. The van der Waals surface area contributed by atoms with E-state index in [9.17, 15) is 9.00 Å². The van der Waals surface area contributed by atoms with E-state index in [1.807, 2.05) is 42.5 Å². The summed E-state index contributed by atoms with van der Waals surface area (Å²) in [5.41, 5.74) is 3.44. The Kier molecular flexibility index (Phi) is 4.01. The number of nitrogens with one attached hydrogen (secondary N) is 1. The lowest BCUT2D eigenvalue weighted by molar-refractivity contribution is 0.122. The van der Waals surface area contributed by atoms with Crippen LogP contribution in [0, 0.1) is 0 Å². The lowest BCUT2D eigenvalue weighted by Crippen LogP contribution is -2.35. The van der Waals surface area contributed by atoms with Crippen LogP contribution in [0.2, 0.25) is 0 Å². The third-order valence-corrected chi connectivity index (χ3v) is 6.85. The summed E-state index contributed by atoms with van der Waals surface area (Å²) in [4.78, 5) is 18.6. The molecule has 1 fully saturated rings. The second kappa shape index (κ2) is 6.53. The molecular weight excluding hydrogens is 360 g/mol. The van der Waals surface area contributed by atoms with E-state index < -0.39 is 10.8 Å². The molecule has 5 rings (SSSR count). The zero-order chi connectivity index (χ0) is 18.4. The van der Waals surface area contributed by atoms with E-state index in [-0.39, 0.29) is 18.2 Å². The third kappa shape index (κ3) is 2.75. The van der Waals surface area contributed by atoms with Crippen molar-refractivity contribution in [2.75, 3.05) is 12.3 Å². The van der Waals surface area contributed by atoms with Crippen LogP contribution >= 0.6 is 0 Å². The van der Waals surface area contributed by atoms with Crippen LogP contribution < -0.4 is 0 Å². The number of ether oxygens (including phenoxy) is 1. The molecule has 0 bridgehead atoms. The molecule has 5 nitrogen and oxygen atoms in total. The van der Waals surface area contributed by atoms with Gasteiger partial charge in [-0.3, -0.25) is 9.11 Å². The minimum Gasteiger partial charge on any atom is -0.443 e. The molecule has 2 aliphatic rings. The number of hydrogen-bond donors (Lipinski definition) is 1. The Morgan fingerprint density at radius 2 is 1.89 bits per heavy atom. The van der Waals surface area contributed by atoms with Crippen molar-refractivity contribution in [1.82, 2.24) is 9.88 Å². The van der Waals surface area contributed by atoms with E-state index in [4.69, 9.17) is 4.74 Å². The van der Waals surface area contributed by atoms with Crippen molar-refractivity contribution in [1.29, 1.82) is 0 Å². The van der Waals surface area contributed by atoms with Gasteiger partial charge in [-0.05, 0) is 31.0 Å². The van der Waals surface area contributed by atoms with E-state index in [1.54, 1.807) is 4.90 Å².